The Bertz CT molecular complexity index is 418. The van der Waals surface area contributed by atoms with Gasteiger partial charge in [0.05, 0.1) is 5.92 Å². The SMILES string of the molecule is CC(C(=O)O)c1cccc([S+](C)[O-])c1[S+](C)[O-]. The Balaban J connectivity index is 3.40. The quantitative estimate of drug-likeness (QED) is 0.840. The maximum atomic E-state index is 11.7. The third-order valence-electron chi connectivity index (χ3n) is 2.44. The molecule has 0 fully saturated rings. The van der Waals surface area contributed by atoms with Gasteiger partial charge in [-0.2, -0.15) is 0 Å². The van der Waals surface area contributed by atoms with Crippen LogP contribution in [0, 0.1) is 0 Å². The number of aliphatic carboxylic acids is 1. The summed E-state index contributed by atoms with van der Waals surface area (Å²) >= 11 is -2.65. The molecule has 4 nitrogen and oxygen atoms in total. The van der Waals surface area contributed by atoms with Crippen LogP contribution in [0.15, 0.2) is 28.0 Å². The molecule has 0 bridgehead atoms. The molecule has 0 amide bonds. The summed E-state index contributed by atoms with van der Waals surface area (Å²) in [6.07, 6.45) is 2.95. The number of benzene rings is 1. The second-order valence-corrected chi connectivity index (χ2v) is 6.31. The fraction of sp³-hybridized carbons (Fsp3) is 0.364. The highest BCUT2D eigenvalue weighted by Gasteiger charge is 2.29. The smallest absolute Gasteiger partial charge is 0.310 e. The van der Waals surface area contributed by atoms with Crippen molar-refractivity contribution in [2.45, 2.75) is 22.6 Å². The van der Waals surface area contributed by atoms with E-state index in [1.54, 1.807) is 18.2 Å². The van der Waals surface area contributed by atoms with Gasteiger partial charge in [-0.05, 0) is 35.3 Å². The van der Waals surface area contributed by atoms with Gasteiger partial charge >= 0.3 is 5.97 Å². The lowest BCUT2D eigenvalue weighted by Crippen LogP contribution is -2.16. The predicted molar refractivity (Wildman–Crippen MR) is 67.2 cm³/mol. The Morgan fingerprint density at radius 2 is 1.88 bits per heavy atom. The summed E-state index contributed by atoms with van der Waals surface area (Å²) in [5, 5.41) is 9.00. The molecular formula is C11H14O4S2. The molecule has 0 aromatic heterocycles. The number of hydrogen-bond donors (Lipinski definition) is 1. The molecule has 0 saturated carbocycles. The number of carboxylic acid groups (broad SMARTS) is 1. The molecule has 1 aromatic rings. The van der Waals surface area contributed by atoms with Crippen molar-refractivity contribution in [2.75, 3.05) is 12.5 Å². The monoisotopic (exact) mass is 274 g/mol. The van der Waals surface area contributed by atoms with Crippen LogP contribution in [0.4, 0.5) is 0 Å². The van der Waals surface area contributed by atoms with Crippen LogP contribution >= 0.6 is 0 Å². The molecule has 1 N–H and O–H groups in total. The van der Waals surface area contributed by atoms with Crippen LogP contribution < -0.4 is 0 Å². The van der Waals surface area contributed by atoms with Crippen molar-refractivity contribution < 1.29 is 19.0 Å². The zero-order chi connectivity index (χ0) is 13.2. The molecule has 3 atom stereocenters. The average molecular weight is 274 g/mol. The molecule has 0 radical (unpaired) electrons. The Morgan fingerprint density at radius 1 is 1.29 bits per heavy atom. The minimum absolute atomic E-state index is 0.378. The first-order chi connectivity index (χ1) is 7.86. The summed E-state index contributed by atoms with van der Waals surface area (Å²) in [6, 6.07) is 4.87. The van der Waals surface area contributed by atoms with Gasteiger partial charge in [0.2, 0.25) is 9.79 Å². The van der Waals surface area contributed by atoms with E-state index in [0.717, 1.165) is 0 Å². The lowest BCUT2D eigenvalue weighted by Gasteiger charge is -2.16. The number of hydrogen-bond acceptors (Lipinski definition) is 3. The second-order valence-electron chi connectivity index (χ2n) is 3.64. The molecule has 17 heavy (non-hydrogen) atoms. The Hall–Kier alpha value is -0.690. The first kappa shape index (κ1) is 14.4. The average Bonchev–Trinajstić information content (AvgIpc) is 2.26. The molecule has 94 valence electrons. The Labute approximate surface area is 106 Å². The minimum Gasteiger partial charge on any atom is -0.612 e. The standard InChI is InChI=1S/C11H14O4S2/c1-7(11(12)13)8-5-4-6-9(16(2)14)10(8)17(3)15/h4-7H,1-3H3,(H,12,13). The molecule has 0 aliphatic heterocycles. The van der Waals surface area contributed by atoms with E-state index >= 15 is 0 Å². The van der Waals surface area contributed by atoms with Crippen molar-refractivity contribution in [3.8, 4) is 0 Å². The largest absolute Gasteiger partial charge is 0.612 e. The van der Waals surface area contributed by atoms with Crippen molar-refractivity contribution in [1.82, 2.24) is 0 Å². The van der Waals surface area contributed by atoms with E-state index in [-0.39, 0.29) is 0 Å². The Kier molecular flexibility index (Phi) is 4.88. The highest BCUT2D eigenvalue weighted by molar-refractivity contribution is 7.93. The van der Waals surface area contributed by atoms with E-state index in [1.807, 2.05) is 0 Å². The van der Waals surface area contributed by atoms with Gasteiger partial charge in [0.25, 0.3) is 0 Å². The van der Waals surface area contributed by atoms with Crippen molar-refractivity contribution in [2.24, 2.45) is 0 Å². The molecule has 6 heteroatoms. The number of carbonyl (C=O) groups is 1. The van der Waals surface area contributed by atoms with Gasteiger partial charge in [-0.15, -0.1) is 0 Å². The second kappa shape index (κ2) is 5.77. The maximum Gasteiger partial charge on any atom is 0.310 e. The molecule has 1 aromatic carbocycles. The third-order valence-corrected chi connectivity index (χ3v) is 4.56. The van der Waals surface area contributed by atoms with Crippen molar-refractivity contribution in [3.05, 3.63) is 23.8 Å². The summed E-state index contributed by atoms with van der Waals surface area (Å²) in [6.45, 7) is 1.52. The molecule has 0 heterocycles. The molecule has 0 aliphatic rings. The highest BCUT2D eigenvalue weighted by Crippen LogP contribution is 2.30. The molecule has 0 saturated heterocycles. The topological polar surface area (TPSA) is 83.4 Å². The van der Waals surface area contributed by atoms with Crippen LogP contribution in [0.1, 0.15) is 18.4 Å². The lowest BCUT2D eigenvalue weighted by molar-refractivity contribution is -0.138. The highest BCUT2D eigenvalue weighted by atomic mass is 32.2. The summed E-state index contributed by atoms with van der Waals surface area (Å²) in [4.78, 5) is 11.8. The zero-order valence-corrected chi connectivity index (χ0v) is 11.4. The van der Waals surface area contributed by atoms with Gasteiger partial charge < -0.3 is 14.2 Å². The van der Waals surface area contributed by atoms with E-state index in [2.05, 4.69) is 0 Å². The normalized spacial score (nSPS) is 16.3. The zero-order valence-electron chi connectivity index (χ0n) is 9.80. The van der Waals surface area contributed by atoms with Crippen LogP contribution in [0.2, 0.25) is 0 Å². The predicted octanol–water partition coefficient (Wildman–Crippen LogP) is 1.35. The third kappa shape index (κ3) is 3.16. The van der Waals surface area contributed by atoms with Crippen molar-refractivity contribution in [3.63, 3.8) is 0 Å². The number of rotatable bonds is 4. The van der Waals surface area contributed by atoms with E-state index in [1.165, 1.54) is 19.4 Å². The van der Waals surface area contributed by atoms with Crippen LogP contribution in [0.25, 0.3) is 0 Å². The first-order valence-corrected chi connectivity index (χ1v) is 8.00. The molecule has 1 rings (SSSR count). The van der Waals surface area contributed by atoms with Gasteiger partial charge in [-0.3, -0.25) is 4.79 Å². The molecule has 3 unspecified atom stereocenters. The fourth-order valence-corrected chi connectivity index (χ4v) is 3.82. The van der Waals surface area contributed by atoms with E-state index in [4.69, 9.17) is 5.11 Å². The summed E-state index contributed by atoms with van der Waals surface area (Å²) in [5.41, 5.74) is 0.464. The number of carboxylic acids is 1. The van der Waals surface area contributed by atoms with E-state index < -0.39 is 34.2 Å². The summed E-state index contributed by atoms with van der Waals surface area (Å²) in [7, 11) is 0. The van der Waals surface area contributed by atoms with Gasteiger partial charge in [0, 0.05) is 5.56 Å². The first-order valence-electron chi connectivity index (χ1n) is 4.88. The Morgan fingerprint density at radius 3 is 2.29 bits per heavy atom. The van der Waals surface area contributed by atoms with Crippen LogP contribution in [0.5, 0.6) is 0 Å². The van der Waals surface area contributed by atoms with E-state index in [0.29, 0.717) is 15.4 Å². The van der Waals surface area contributed by atoms with Gasteiger partial charge in [0.1, 0.15) is 12.5 Å². The van der Waals surface area contributed by atoms with Gasteiger partial charge in [0.15, 0.2) is 0 Å². The molecule has 0 aliphatic carbocycles. The lowest BCUT2D eigenvalue weighted by atomic mass is 10.0. The van der Waals surface area contributed by atoms with Crippen molar-refractivity contribution >= 4 is 28.3 Å². The van der Waals surface area contributed by atoms with Gasteiger partial charge in [-0.1, -0.05) is 12.1 Å². The van der Waals surface area contributed by atoms with Crippen LogP contribution in [-0.4, -0.2) is 32.7 Å². The maximum absolute atomic E-state index is 11.7. The minimum atomic E-state index is -1.37. The molecular weight excluding hydrogens is 260 g/mol. The van der Waals surface area contributed by atoms with Crippen LogP contribution in [0.3, 0.4) is 0 Å². The molecule has 0 spiro atoms. The van der Waals surface area contributed by atoms with Crippen LogP contribution in [-0.2, 0) is 27.1 Å². The fourth-order valence-electron chi connectivity index (χ4n) is 1.54. The summed E-state index contributed by atoms with van der Waals surface area (Å²) in [5.74, 6) is -1.76. The van der Waals surface area contributed by atoms with Crippen molar-refractivity contribution in [1.29, 1.82) is 0 Å². The van der Waals surface area contributed by atoms with E-state index in [9.17, 15) is 13.9 Å². The summed E-state index contributed by atoms with van der Waals surface area (Å²) < 4.78 is 23.2. The van der Waals surface area contributed by atoms with Gasteiger partial charge in [-0.25, -0.2) is 0 Å².